The maximum absolute atomic E-state index is 5.20. The van der Waals surface area contributed by atoms with Crippen LogP contribution in [-0.4, -0.2) is 29.3 Å². The molecule has 0 unspecified atom stereocenters. The summed E-state index contributed by atoms with van der Waals surface area (Å²) in [6.07, 6.45) is 2.48. The van der Waals surface area contributed by atoms with Crippen molar-refractivity contribution in [1.82, 2.24) is 15.8 Å². The lowest BCUT2D eigenvalue weighted by Crippen LogP contribution is -2.52. The molecule has 0 aromatic rings. The standard InChI is InChI=1S/C8H17N3S/c1-7(2)10-8(12)11-6-4-3-5-9-11/h7,9H,3-6H2,1-2H3,(H,10,12). The van der Waals surface area contributed by atoms with E-state index < -0.39 is 0 Å². The van der Waals surface area contributed by atoms with Gasteiger partial charge in [-0.3, -0.25) is 5.01 Å². The minimum atomic E-state index is 0.418. The van der Waals surface area contributed by atoms with Crippen LogP contribution in [0.2, 0.25) is 0 Å². The van der Waals surface area contributed by atoms with Gasteiger partial charge in [0, 0.05) is 19.1 Å². The van der Waals surface area contributed by atoms with Crippen molar-refractivity contribution < 1.29 is 0 Å². The number of nitrogens with one attached hydrogen (secondary N) is 2. The monoisotopic (exact) mass is 187 g/mol. The zero-order valence-corrected chi connectivity index (χ0v) is 8.58. The van der Waals surface area contributed by atoms with Crippen molar-refractivity contribution >= 4 is 17.3 Å². The SMILES string of the molecule is CC(C)NC(=S)N1CCCCN1. The van der Waals surface area contributed by atoms with Crippen molar-refractivity contribution in [3.8, 4) is 0 Å². The summed E-state index contributed by atoms with van der Waals surface area (Å²) in [5.74, 6) is 0. The van der Waals surface area contributed by atoms with Gasteiger partial charge < -0.3 is 5.32 Å². The van der Waals surface area contributed by atoms with E-state index in [4.69, 9.17) is 12.2 Å². The summed E-state index contributed by atoms with van der Waals surface area (Å²) >= 11 is 5.20. The van der Waals surface area contributed by atoms with Crippen LogP contribution in [0.5, 0.6) is 0 Å². The van der Waals surface area contributed by atoms with Gasteiger partial charge >= 0.3 is 0 Å². The molecule has 12 heavy (non-hydrogen) atoms. The van der Waals surface area contributed by atoms with Crippen LogP contribution >= 0.6 is 12.2 Å². The lowest BCUT2D eigenvalue weighted by molar-refractivity contribution is 0.252. The van der Waals surface area contributed by atoms with E-state index in [1.165, 1.54) is 12.8 Å². The molecule has 0 bridgehead atoms. The van der Waals surface area contributed by atoms with Gasteiger partial charge in [0.25, 0.3) is 0 Å². The maximum Gasteiger partial charge on any atom is 0.183 e. The normalized spacial score (nSPS) is 18.1. The van der Waals surface area contributed by atoms with E-state index >= 15 is 0 Å². The fourth-order valence-electron chi connectivity index (χ4n) is 1.19. The zero-order chi connectivity index (χ0) is 8.97. The Morgan fingerprint density at radius 1 is 1.50 bits per heavy atom. The van der Waals surface area contributed by atoms with Crippen molar-refractivity contribution in [2.24, 2.45) is 0 Å². The van der Waals surface area contributed by atoms with Crippen molar-refractivity contribution in [2.75, 3.05) is 13.1 Å². The van der Waals surface area contributed by atoms with E-state index in [9.17, 15) is 0 Å². The Kier molecular flexibility index (Phi) is 3.75. The van der Waals surface area contributed by atoms with Crippen LogP contribution in [0.3, 0.4) is 0 Å². The Morgan fingerprint density at radius 3 is 2.75 bits per heavy atom. The highest BCUT2D eigenvalue weighted by Gasteiger charge is 2.12. The van der Waals surface area contributed by atoms with Gasteiger partial charge in [0.05, 0.1) is 0 Å². The van der Waals surface area contributed by atoms with Gasteiger partial charge in [-0.1, -0.05) is 0 Å². The van der Waals surface area contributed by atoms with E-state index in [1.54, 1.807) is 0 Å². The highest BCUT2D eigenvalue weighted by molar-refractivity contribution is 7.80. The van der Waals surface area contributed by atoms with Crippen LogP contribution in [0.1, 0.15) is 26.7 Å². The summed E-state index contributed by atoms with van der Waals surface area (Å²) in [7, 11) is 0. The second-order valence-electron chi connectivity index (χ2n) is 3.37. The van der Waals surface area contributed by atoms with E-state index in [0.717, 1.165) is 18.2 Å². The van der Waals surface area contributed by atoms with Crippen molar-refractivity contribution in [3.05, 3.63) is 0 Å². The molecule has 1 aliphatic rings. The molecule has 0 aromatic heterocycles. The lowest BCUT2D eigenvalue weighted by Gasteiger charge is -2.30. The number of hydrogen-bond donors (Lipinski definition) is 2. The van der Waals surface area contributed by atoms with Gasteiger partial charge in [0.2, 0.25) is 0 Å². The highest BCUT2D eigenvalue weighted by atomic mass is 32.1. The molecule has 0 radical (unpaired) electrons. The molecule has 1 heterocycles. The van der Waals surface area contributed by atoms with Crippen LogP contribution in [0, 0.1) is 0 Å². The predicted octanol–water partition coefficient (Wildman–Crippen LogP) is 0.870. The van der Waals surface area contributed by atoms with Crippen LogP contribution in [-0.2, 0) is 0 Å². The molecule has 1 rings (SSSR count). The van der Waals surface area contributed by atoms with Gasteiger partial charge in [-0.05, 0) is 38.9 Å². The molecule has 0 aromatic carbocycles. The summed E-state index contributed by atoms with van der Waals surface area (Å²) < 4.78 is 0. The van der Waals surface area contributed by atoms with Crippen molar-refractivity contribution in [2.45, 2.75) is 32.7 Å². The second-order valence-corrected chi connectivity index (χ2v) is 3.76. The van der Waals surface area contributed by atoms with Gasteiger partial charge in [-0.15, -0.1) is 0 Å². The first kappa shape index (κ1) is 9.74. The van der Waals surface area contributed by atoms with Gasteiger partial charge in [-0.2, -0.15) is 0 Å². The summed E-state index contributed by atoms with van der Waals surface area (Å²) in [6, 6.07) is 0.418. The van der Waals surface area contributed by atoms with E-state index in [2.05, 4.69) is 24.6 Å². The van der Waals surface area contributed by atoms with Gasteiger partial charge in [-0.25, -0.2) is 5.43 Å². The summed E-state index contributed by atoms with van der Waals surface area (Å²) in [5.41, 5.74) is 3.25. The maximum atomic E-state index is 5.20. The van der Waals surface area contributed by atoms with Gasteiger partial charge in [0.1, 0.15) is 0 Å². The molecular formula is C8H17N3S. The summed E-state index contributed by atoms with van der Waals surface area (Å²) in [5, 5.41) is 6.06. The zero-order valence-electron chi connectivity index (χ0n) is 7.76. The number of rotatable bonds is 1. The second kappa shape index (κ2) is 4.62. The third-order valence-electron chi connectivity index (χ3n) is 1.77. The van der Waals surface area contributed by atoms with Crippen LogP contribution in [0.4, 0.5) is 0 Å². The van der Waals surface area contributed by atoms with E-state index in [0.29, 0.717) is 6.04 Å². The first-order valence-corrected chi connectivity index (χ1v) is 4.92. The van der Waals surface area contributed by atoms with Crippen LogP contribution < -0.4 is 10.7 Å². The number of hydrazine groups is 1. The molecule has 2 N–H and O–H groups in total. The number of nitrogens with zero attached hydrogens (tertiary/aromatic N) is 1. The quantitative estimate of drug-likeness (QED) is 0.596. The third kappa shape index (κ3) is 2.95. The molecule has 0 saturated carbocycles. The van der Waals surface area contributed by atoms with Crippen LogP contribution in [0.25, 0.3) is 0 Å². The Labute approximate surface area is 79.5 Å². The molecule has 0 aliphatic carbocycles. The largest absolute Gasteiger partial charge is 0.359 e. The molecule has 70 valence electrons. The average Bonchev–Trinajstić information content (AvgIpc) is 2.05. The summed E-state index contributed by atoms with van der Waals surface area (Å²) in [4.78, 5) is 0. The minimum Gasteiger partial charge on any atom is -0.359 e. The molecular weight excluding hydrogens is 170 g/mol. The van der Waals surface area contributed by atoms with Crippen LogP contribution in [0.15, 0.2) is 0 Å². The summed E-state index contributed by atoms with van der Waals surface area (Å²) in [6.45, 7) is 6.25. The Balaban J connectivity index is 2.30. The fraction of sp³-hybridized carbons (Fsp3) is 0.875. The molecule has 0 atom stereocenters. The Bertz CT molecular complexity index is 152. The lowest BCUT2D eigenvalue weighted by atomic mass is 10.3. The molecule has 0 amide bonds. The topological polar surface area (TPSA) is 27.3 Å². The number of hydrogen-bond acceptors (Lipinski definition) is 2. The van der Waals surface area contributed by atoms with Crippen molar-refractivity contribution in [1.29, 1.82) is 0 Å². The minimum absolute atomic E-state index is 0.418. The van der Waals surface area contributed by atoms with Gasteiger partial charge in [0.15, 0.2) is 5.11 Å². The molecule has 4 heteroatoms. The third-order valence-corrected chi connectivity index (χ3v) is 2.11. The Morgan fingerprint density at radius 2 is 2.25 bits per heavy atom. The first-order valence-electron chi connectivity index (χ1n) is 4.51. The molecule has 3 nitrogen and oxygen atoms in total. The smallest absolute Gasteiger partial charge is 0.183 e. The van der Waals surface area contributed by atoms with E-state index in [-0.39, 0.29) is 0 Å². The predicted molar refractivity (Wildman–Crippen MR) is 54.8 cm³/mol. The average molecular weight is 187 g/mol. The number of thiocarbonyl (C=S) groups is 1. The Hall–Kier alpha value is -0.350. The molecule has 0 spiro atoms. The fourth-order valence-corrected chi connectivity index (χ4v) is 1.58. The molecule has 1 fully saturated rings. The highest BCUT2D eigenvalue weighted by Crippen LogP contribution is 1.99. The van der Waals surface area contributed by atoms with Crippen molar-refractivity contribution in [3.63, 3.8) is 0 Å². The molecule has 1 aliphatic heterocycles. The van der Waals surface area contributed by atoms with E-state index in [1.807, 2.05) is 5.01 Å². The molecule has 1 saturated heterocycles. The first-order chi connectivity index (χ1) is 5.70.